The minimum Gasteiger partial charge on any atom is -0.381 e. The van der Waals surface area contributed by atoms with Crippen molar-refractivity contribution in [3.05, 3.63) is 0 Å². The van der Waals surface area contributed by atoms with Crippen molar-refractivity contribution in [1.29, 1.82) is 0 Å². The van der Waals surface area contributed by atoms with Crippen LogP contribution in [0, 0.1) is 5.92 Å². The molecule has 0 aromatic rings. The highest BCUT2D eigenvalue weighted by Gasteiger charge is 2.46. The van der Waals surface area contributed by atoms with E-state index < -0.39 is 0 Å². The largest absolute Gasteiger partial charge is 0.381 e. The first kappa shape index (κ1) is 12.8. The molecule has 98 valence electrons. The maximum absolute atomic E-state index is 12.4. The van der Waals surface area contributed by atoms with Gasteiger partial charge >= 0.3 is 0 Å². The smallest absolute Gasteiger partial charge is 0.241 e. The fourth-order valence-electron chi connectivity index (χ4n) is 2.86. The van der Waals surface area contributed by atoms with Crippen LogP contribution in [-0.4, -0.2) is 42.3 Å². The Morgan fingerprint density at radius 1 is 1.53 bits per heavy atom. The number of nitrogens with one attached hydrogen (secondary N) is 1. The zero-order valence-electron chi connectivity index (χ0n) is 11.3. The molecule has 1 heterocycles. The van der Waals surface area contributed by atoms with Gasteiger partial charge in [0.1, 0.15) is 0 Å². The van der Waals surface area contributed by atoms with Crippen LogP contribution >= 0.6 is 0 Å². The molecule has 17 heavy (non-hydrogen) atoms. The van der Waals surface area contributed by atoms with Crippen molar-refractivity contribution in [2.45, 2.75) is 64.4 Å². The number of carbonyl (C=O) groups is 1. The van der Waals surface area contributed by atoms with Crippen molar-refractivity contribution in [3.8, 4) is 0 Å². The maximum Gasteiger partial charge on any atom is 0.241 e. The van der Waals surface area contributed by atoms with Crippen LogP contribution in [-0.2, 0) is 9.53 Å². The monoisotopic (exact) mass is 240 g/mol. The van der Waals surface area contributed by atoms with Crippen molar-refractivity contribution in [1.82, 2.24) is 10.2 Å². The SMILES string of the molecule is CCC(C)C1NC(C)N(C2CC(OC)C2)C1=O. The first-order valence-corrected chi connectivity index (χ1v) is 6.69. The van der Waals surface area contributed by atoms with E-state index in [0.717, 1.165) is 19.3 Å². The Morgan fingerprint density at radius 2 is 2.18 bits per heavy atom. The van der Waals surface area contributed by atoms with Gasteiger partial charge in [-0.3, -0.25) is 10.1 Å². The average molecular weight is 240 g/mol. The summed E-state index contributed by atoms with van der Waals surface area (Å²) in [6, 6.07) is 0.389. The molecule has 3 atom stereocenters. The number of nitrogens with zero attached hydrogens (tertiary/aromatic N) is 1. The number of rotatable bonds is 4. The van der Waals surface area contributed by atoms with Gasteiger partial charge in [-0.05, 0) is 25.7 Å². The molecule has 0 aromatic carbocycles. The van der Waals surface area contributed by atoms with Crippen LogP contribution in [0.3, 0.4) is 0 Å². The molecular formula is C13H24N2O2. The van der Waals surface area contributed by atoms with Crippen molar-refractivity contribution in [3.63, 3.8) is 0 Å². The highest BCUT2D eigenvalue weighted by atomic mass is 16.5. The van der Waals surface area contributed by atoms with Crippen molar-refractivity contribution >= 4 is 5.91 Å². The predicted octanol–water partition coefficient (Wildman–Crippen LogP) is 1.36. The number of hydrogen-bond acceptors (Lipinski definition) is 3. The number of hydrogen-bond donors (Lipinski definition) is 1. The molecule has 1 amide bonds. The van der Waals surface area contributed by atoms with Gasteiger partial charge in [0.25, 0.3) is 0 Å². The summed E-state index contributed by atoms with van der Waals surface area (Å²) in [5, 5.41) is 3.42. The third-order valence-electron chi connectivity index (χ3n) is 4.37. The van der Waals surface area contributed by atoms with E-state index in [2.05, 4.69) is 26.1 Å². The molecule has 3 unspecified atom stereocenters. The molecule has 0 spiro atoms. The molecule has 1 saturated heterocycles. The minimum atomic E-state index is 0.0107. The average Bonchev–Trinajstić information content (AvgIpc) is 2.54. The Morgan fingerprint density at radius 3 is 2.71 bits per heavy atom. The lowest BCUT2D eigenvalue weighted by molar-refractivity contribution is -0.137. The molecule has 0 aromatic heterocycles. The normalized spacial score (nSPS) is 39.3. The molecule has 2 aliphatic rings. The quantitative estimate of drug-likeness (QED) is 0.806. The lowest BCUT2D eigenvalue weighted by Crippen LogP contribution is -2.52. The molecule has 1 saturated carbocycles. The zero-order chi connectivity index (χ0) is 12.6. The van der Waals surface area contributed by atoms with Crippen LogP contribution in [0.4, 0.5) is 0 Å². The minimum absolute atomic E-state index is 0.0107. The van der Waals surface area contributed by atoms with Crippen molar-refractivity contribution in [2.75, 3.05) is 7.11 Å². The molecule has 2 fully saturated rings. The van der Waals surface area contributed by atoms with E-state index in [4.69, 9.17) is 4.74 Å². The molecular weight excluding hydrogens is 216 g/mol. The topological polar surface area (TPSA) is 41.6 Å². The lowest BCUT2D eigenvalue weighted by atomic mass is 9.87. The second-order valence-electron chi connectivity index (χ2n) is 5.43. The van der Waals surface area contributed by atoms with Gasteiger partial charge in [-0.2, -0.15) is 0 Å². The van der Waals surface area contributed by atoms with Gasteiger partial charge in [-0.25, -0.2) is 0 Å². The number of carbonyl (C=O) groups excluding carboxylic acids is 1. The molecule has 0 radical (unpaired) electrons. The summed E-state index contributed by atoms with van der Waals surface area (Å²) in [5.74, 6) is 0.694. The second-order valence-corrected chi connectivity index (χ2v) is 5.43. The van der Waals surface area contributed by atoms with E-state index in [1.165, 1.54) is 0 Å². The summed E-state index contributed by atoms with van der Waals surface area (Å²) in [6.07, 6.45) is 3.53. The Hall–Kier alpha value is -0.610. The molecule has 1 aliphatic carbocycles. The molecule has 1 N–H and O–H groups in total. The van der Waals surface area contributed by atoms with E-state index >= 15 is 0 Å². The lowest BCUT2D eigenvalue weighted by Gasteiger charge is -2.42. The van der Waals surface area contributed by atoms with Crippen LogP contribution in [0.25, 0.3) is 0 Å². The summed E-state index contributed by atoms with van der Waals surface area (Å²) in [6.45, 7) is 6.36. The fourth-order valence-corrected chi connectivity index (χ4v) is 2.86. The molecule has 1 aliphatic heterocycles. The van der Waals surface area contributed by atoms with E-state index in [-0.39, 0.29) is 18.1 Å². The standard InChI is InChI=1S/C13H24N2O2/c1-5-8(2)12-13(16)15(9(3)14-12)10-6-11(7-10)17-4/h8-12,14H,5-7H2,1-4H3. The Kier molecular flexibility index (Phi) is 3.73. The Labute approximate surface area is 104 Å². The first-order valence-electron chi connectivity index (χ1n) is 6.69. The Bertz CT molecular complexity index is 289. The summed E-state index contributed by atoms with van der Waals surface area (Å²) < 4.78 is 5.28. The third-order valence-corrected chi connectivity index (χ3v) is 4.37. The van der Waals surface area contributed by atoms with Gasteiger partial charge in [0.05, 0.1) is 18.3 Å². The second kappa shape index (κ2) is 4.94. The van der Waals surface area contributed by atoms with Crippen LogP contribution < -0.4 is 5.32 Å². The van der Waals surface area contributed by atoms with Gasteiger partial charge in [-0.1, -0.05) is 20.3 Å². The van der Waals surface area contributed by atoms with Crippen LogP contribution in [0.5, 0.6) is 0 Å². The van der Waals surface area contributed by atoms with E-state index in [1.54, 1.807) is 7.11 Å². The summed E-state index contributed by atoms with van der Waals surface area (Å²) in [4.78, 5) is 14.4. The zero-order valence-corrected chi connectivity index (χ0v) is 11.3. The molecule has 0 bridgehead atoms. The highest BCUT2D eigenvalue weighted by Crippen LogP contribution is 2.32. The van der Waals surface area contributed by atoms with Crippen LogP contribution in [0.1, 0.15) is 40.0 Å². The Balaban J connectivity index is 1.98. The molecule has 4 heteroatoms. The number of ether oxygens (including phenoxy) is 1. The first-order chi connectivity index (χ1) is 8.08. The van der Waals surface area contributed by atoms with Gasteiger partial charge < -0.3 is 9.64 Å². The van der Waals surface area contributed by atoms with Gasteiger partial charge in [0, 0.05) is 13.2 Å². The van der Waals surface area contributed by atoms with Crippen molar-refractivity contribution in [2.24, 2.45) is 5.92 Å². The number of methoxy groups -OCH3 is 1. The van der Waals surface area contributed by atoms with Crippen molar-refractivity contribution < 1.29 is 9.53 Å². The van der Waals surface area contributed by atoms with E-state index in [1.807, 2.05) is 4.90 Å². The van der Waals surface area contributed by atoms with Gasteiger partial charge in [0.2, 0.25) is 5.91 Å². The maximum atomic E-state index is 12.4. The van der Waals surface area contributed by atoms with E-state index in [9.17, 15) is 4.79 Å². The fraction of sp³-hybridized carbons (Fsp3) is 0.923. The van der Waals surface area contributed by atoms with E-state index in [0.29, 0.717) is 18.1 Å². The molecule has 2 rings (SSSR count). The third kappa shape index (κ3) is 2.20. The molecule has 4 nitrogen and oxygen atoms in total. The van der Waals surface area contributed by atoms with Crippen LogP contribution in [0.15, 0.2) is 0 Å². The summed E-state index contributed by atoms with van der Waals surface area (Å²) in [7, 11) is 1.75. The number of amides is 1. The summed E-state index contributed by atoms with van der Waals surface area (Å²) >= 11 is 0. The van der Waals surface area contributed by atoms with Gasteiger partial charge in [0.15, 0.2) is 0 Å². The predicted molar refractivity (Wildman–Crippen MR) is 66.5 cm³/mol. The highest BCUT2D eigenvalue weighted by molar-refractivity contribution is 5.85. The van der Waals surface area contributed by atoms with Crippen LogP contribution in [0.2, 0.25) is 0 Å². The summed E-state index contributed by atoms with van der Waals surface area (Å²) in [5.41, 5.74) is 0. The van der Waals surface area contributed by atoms with Gasteiger partial charge in [-0.15, -0.1) is 0 Å².